The Labute approximate surface area is 253 Å². The van der Waals surface area contributed by atoms with Gasteiger partial charge in [0.2, 0.25) is 0 Å². The molecule has 6 nitrogen and oxygen atoms in total. The van der Waals surface area contributed by atoms with Crippen LogP contribution in [0.2, 0.25) is 0 Å². The van der Waals surface area contributed by atoms with Crippen LogP contribution >= 0.6 is 11.8 Å². The van der Waals surface area contributed by atoms with E-state index in [9.17, 15) is 14.7 Å². The normalized spacial score (nSPS) is 11.8. The molecular formula is C36H29NO5S. The number of carbonyl (C=O) groups is 2. The molecule has 5 aromatic carbocycles. The summed E-state index contributed by atoms with van der Waals surface area (Å²) >= 11 is 1.47. The van der Waals surface area contributed by atoms with Gasteiger partial charge in [-0.25, -0.2) is 4.79 Å². The van der Waals surface area contributed by atoms with Gasteiger partial charge in [-0.05, 0) is 52.6 Å². The molecule has 0 fully saturated rings. The largest absolute Gasteiger partial charge is 0.497 e. The van der Waals surface area contributed by atoms with Crippen LogP contribution in [0.5, 0.6) is 5.75 Å². The molecule has 0 aliphatic carbocycles. The average Bonchev–Trinajstić information content (AvgIpc) is 3.43. The monoisotopic (exact) mass is 587 g/mol. The van der Waals surface area contributed by atoms with Crippen LogP contribution < -0.4 is 10.1 Å². The summed E-state index contributed by atoms with van der Waals surface area (Å²) < 4.78 is 11.3. The number of carbonyl (C=O) groups excluding carboxylic acids is 1. The predicted molar refractivity (Wildman–Crippen MR) is 173 cm³/mol. The lowest BCUT2D eigenvalue weighted by Gasteiger charge is -2.14. The van der Waals surface area contributed by atoms with Crippen molar-refractivity contribution in [1.29, 1.82) is 0 Å². The molecule has 1 atom stereocenters. The molecule has 0 saturated carbocycles. The van der Waals surface area contributed by atoms with Crippen molar-refractivity contribution in [3.63, 3.8) is 0 Å². The number of furan rings is 1. The third kappa shape index (κ3) is 6.12. The van der Waals surface area contributed by atoms with Gasteiger partial charge >= 0.3 is 5.97 Å². The van der Waals surface area contributed by atoms with Crippen molar-refractivity contribution in [1.82, 2.24) is 5.32 Å². The lowest BCUT2D eigenvalue weighted by Crippen LogP contribution is -2.42. The van der Waals surface area contributed by atoms with Crippen molar-refractivity contribution in [3.05, 3.63) is 126 Å². The van der Waals surface area contributed by atoms with E-state index in [1.807, 2.05) is 18.2 Å². The number of amides is 1. The fourth-order valence-electron chi connectivity index (χ4n) is 5.06. The van der Waals surface area contributed by atoms with Crippen molar-refractivity contribution in [2.45, 2.75) is 11.8 Å². The molecule has 1 amide bonds. The van der Waals surface area contributed by atoms with E-state index >= 15 is 0 Å². The molecule has 1 unspecified atom stereocenters. The first kappa shape index (κ1) is 28.1. The maximum atomic E-state index is 12.5. The highest BCUT2D eigenvalue weighted by Crippen LogP contribution is 2.36. The highest BCUT2D eigenvalue weighted by atomic mass is 32.2. The maximum absolute atomic E-state index is 12.5. The summed E-state index contributed by atoms with van der Waals surface area (Å²) in [5.41, 5.74) is 7.59. The molecule has 214 valence electrons. The summed E-state index contributed by atoms with van der Waals surface area (Å²) in [6, 6.07) is 36.6. The minimum Gasteiger partial charge on any atom is -0.497 e. The van der Waals surface area contributed by atoms with Gasteiger partial charge in [0.15, 0.2) is 0 Å². The Morgan fingerprint density at radius 1 is 0.791 bits per heavy atom. The SMILES string of the molecule is COc1ccc(C(=O)NC(CSCc2ccc(-c3ccc(-c4cccc5c4oc4ccccc45)cc3)cc2)C(=O)O)cc1. The van der Waals surface area contributed by atoms with Gasteiger partial charge in [0.05, 0.1) is 7.11 Å². The Morgan fingerprint density at radius 3 is 2.14 bits per heavy atom. The van der Waals surface area contributed by atoms with Crippen LogP contribution in [0.3, 0.4) is 0 Å². The van der Waals surface area contributed by atoms with Crippen LogP contribution in [0, 0.1) is 0 Å². The number of aliphatic carboxylic acids is 1. The lowest BCUT2D eigenvalue weighted by atomic mass is 9.98. The van der Waals surface area contributed by atoms with Gasteiger partial charge in [0, 0.05) is 33.4 Å². The van der Waals surface area contributed by atoms with Crippen LogP contribution in [0.15, 0.2) is 120 Å². The van der Waals surface area contributed by atoms with Crippen LogP contribution in [0.25, 0.3) is 44.2 Å². The second-order valence-corrected chi connectivity index (χ2v) is 11.2. The van der Waals surface area contributed by atoms with Gasteiger partial charge in [0.25, 0.3) is 5.91 Å². The van der Waals surface area contributed by atoms with Gasteiger partial charge in [-0.1, -0.05) is 84.9 Å². The standard InChI is InChI=1S/C36H29NO5S/c1-41-28-19-17-27(18-20-28)35(38)37-32(36(39)40)22-43-21-23-9-11-24(12-10-23)25-13-15-26(16-14-25)29-6-4-7-31-30-5-2-3-8-33(30)42-34(29)31/h2-20,32H,21-22H2,1H3,(H,37,38)(H,39,40). The van der Waals surface area contributed by atoms with Crippen LogP contribution in [0.1, 0.15) is 15.9 Å². The summed E-state index contributed by atoms with van der Waals surface area (Å²) in [4.78, 5) is 24.3. The first-order chi connectivity index (χ1) is 21.0. The first-order valence-electron chi connectivity index (χ1n) is 13.9. The number of nitrogens with one attached hydrogen (secondary N) is 1. The highest BCUT2D eigenvalue weighted by Gasteiger charge is 2.21. The van der Waals surface area contributed by atoms with Crippen molar-refractivity contribution in [2.75, 3.05) is 12.9 Å². The average molecular weight is 588 g/mol. The Kier molecular flexibility index (Phi) is 8.16. The molecule has 0 aliphatic heterocycles. The number of carboxylic acid groups (broad SMARTS) is 1. The van der Waals surface area contributed by atoms with Crippen LogP contribution in [0.4, 0.5) is 0 Å². The molecule has 7 heteroatoms. The van der Waals surface area contributed by atoms with Crippen molar-refractivity contribution >= 4 is 45.6 Å². The molecule has 6 aromatic rings. The van der Waals surface area contributed by atoms with E-state index in [0.29, 0.717) is 17.1 Å². The summed E-state index contributed by atoms with van der Waals surface area (Å²) in [6.07, 6.45) is 0. The smallest absolute Gasteiger partial charge is 0.327 e. The second-order valence-electron chi connectivity index (χ2n) is 10.2. The molecule has 0 radical (unpaired) electrons. The van der Waals surface area contributed by atoms with Crippen LogP contribution in [-0.2, 0) is 10.5 Å². The minimum atomic E-state index is -1.07. The van der Waals surface area contributed by atoms with E-state index in [1.165, 1.54) is 11.8 Å². The fourth-order valence-corrected chi connectivity index (χ4v) is 6.07. The molecule has 2 N–H and O–H groups in total. The predicted octanol–water partition coefficient (Wildman–Crippen LogP) is 8.05. The number of methoxy groups -OCH3 is 1. The zero-order chi connectivity index (χ0) is 29.8. The summed E-state index contributed by atoms with van der Waals surface area (Å²) in [6.45, 7) is 0. The molecular weight excluding hydrogens is 558 g/mol. The highest BCUT2D eigenvalue weighted by molar-refractivity contribution is 7.98. The summed E-state index contributed by atoms with van der Waals surface area (Å²) in [7, 11) is 1.54. The number of carboxylic acids is 1. The molecule has 6 rings (SSSR count). The molecule has 0 spiro atoms. The fraction of sp³-hybridized carbons (Fsp3) is 0.111. The quantitative estimate of drug-likeness (QED) is 0.169. The van der Waals surface area contributed by atoms with E-state index in [4.69, 9.17) is 9.15 Å². The Morgan fingerprint density at radius 2 is 1.44 bits per heavy atom. The number of fused-ring (bicyclic) bond motifs is 3. The Balaban J connectivity index is 1.08. The van der Waals surface area contributed by atoms with Gasteiger partial charge in [0.1, 0.15) is 23.0 Å². The Hall–Kier alpha value is -5.01. The molecule has 0 aliphatic rings. The van der Waals surface area contributed by atoms with Gasteiger partial charge < -0.3 is 19.6 Å². The summed E-state index contributed by atoms with van der Waals surface area (Å²) in [5, 5.41) is 14.5. The topological polar surface area (TPSA) is 88.8 Å². The lowest BCUT2D eigenvalue weighted by molar-refractivity contribution is -0.138. The van der Waals surface area contributed by atoms with E-state index < -0.39 is 17.9 Å². The first-order valence-corrected chi connectivity index (χ1v) is 15.0. The molecule has 0 bridgehead atoms. The van der Waals surface area contributed by atoms with Gasteiger partial charge in [-0.3, -0.25) is 4.79 Å². The number of para-hydroxylation sites is 2. The van der Waals surface area contributed by atoms with E-state index in [2.05, 4.69) is 78.1 Å². The van der Waals surface area contributed by atoms with Gasteiger partial charge in [-0.15, -0.1) is 0 Å². The van der Waals surface area contributed by atoms with Crippen molar-refractivity contribution in [2.24, 2.45) is 0 Å². The van der Waals surface area contributed by atoms with Crippen molar-refractivity contribution in [3.8, 4) is 28.0 Å². The molecule has 1 heterocycles. The second kappa shape index (κ2) is 12.5. The van der Waals surface area contributed by atoms with Crippen molar-refractivity contribution < 1.29 is 23.8 Å². The third-order valence-corrected chi connectivity index (χ3v) is 8.50. The molecule has 43 heavy (non-hydrogen) atoms. The number of ether oxygens (including phenoxy) is 1. The Bertz CT molecular complexity index is 1890. The number of thioether (sulfide) groups is 1. The maximum Gasteiger partial charge on any atom is 0.327 e. The number of rotatable bonds is 10. The number of hydrogen-bond acceptors (Lipinski definition) is 5. The third-order valence-electron chi connectivity index (χ3n) is 7.40. The number of benzene rings is 5. The zero-order valence-corrected chi connectivity index (χ0v) is 24.3. The van der Waals surface area contributed by atoms with Gasteiger partial charge in [-0.2, -0.15) is 11.8 Å². The number of hydrogen-bond donors (Lipinski definition) is 2. The van der Waals surface area contributed by atoms with E-state index in [0.717, 1.165) is 49.8 Å². The molecule has 1 aromatic heterocycles. The summed E-state index contributed by atoms with van der Waals surface area (Å²) in [5.74, 6) is 0.00756. The van der Waals surface area contributed by atoms with Crippen LogP contribution in [-0.4, -0.2) is 35.9 Å². The van der Waals surface area contributed by atoms with E-state index in [-0.39, 0.29) is 5.75 Å². The molecule has 0 saturated heterocycles. The zero-order valence-electron chi connectivity index (χ0n) is 23.4. The minimum absolute atomic E-state index is 0.248. The van der Waals surface area contributed by atoms with E-state index in [1.54, 1.807) is 31.4 Å².